The molecule has 2 aromatic heterocycles. The van der Waals surface area contributed by atoms with E-state index in [1.54, 1.807) is 11.3 Å². The Morgan fingerprint density at radius 3 is 2.89 bits per heavy atom. The highest BCUT2D eigenvalue weighted by Gasteiger charge is 2.02. The number of pyridine rings is 1. The van der Waals surface area contributed by atoms with Gasteiger partial charge in [0.05, 0.1) is 22.3 Å². The molecule has 0 saturated heterocycles. The number of likely N-dealkylation sites (N-methyl/N-ethyl adjacent to an activating group) is 1. The average molecular weight is 342 g/mol. The highest BCUT2D eigenvalue weighted by atomic mass is 79.9. The fourth-order valence-electron chi connectivity index (χ4n) is 1.63. The Balaban J connectivity index is 1.91. The molecule has 0 aliphatic rings. The van der Waals surface area contributed by atoms with Gasteiger partial charge in [-0.2, -0.15) is 0 Å². The smallest absolute Gasteiger partial charge is 0.126 e. The van der Waals surface area contributed by atoms with E-state index >= 15 is 0 Å². The van der Waals surface area contributed by atoms with E-state index < -0.39 is 0 Å². The molecule has 2 N–H and O–H groups in total. The predicted octanol–water partition coefficient (Wildman–Crippen LogP) is 2.95. The lowest BCUT2D eigenvalue weighted by Crippen LogP contribution is -2.21. The van der Waals surface area contributed by atoms with Gasteiger partial charge in [-0.3, -0.25) is 0 Å². The quantitative estimate of drug-likeness (QED) is 0.848. The zero-order valence-corrected chi connectivity index (χ0v) is 13.0. The van der Waals surface area contributed by atoms with Crippen molar-refractivity contribution in [2.75, 3.05) is 30.4 Å². The number of hydrogen-bond donors (Lipinski definition) is 2. The van der Waals surface area contributed by atoms with Crippen molar-refractivity contribution in [3.63, 3.8) is 0 Å². The molecule has 102 valence electrons. The van der Waals surface area contributed by atoms with Crippen LogP contribution in [-0.4, -0.2) is 30.3 Å². The van der Waals surface area contributed by atoms with Crippen LogP contribution in [0, 0.1) is 0 Å². The van der Waals surface area contributed by atoms with Crippen LogP contribution in [0.2, 0.25) is 0 Å². The third kappa shape index (κ3) is 4.19. The van der Waals surface area contributed by atoms with Gasteiger partial charge >= 0.3 is 0 Å². The van der Waals surface area contributed by atoms with Gasteiger partial charge in [-0.1, -0.05) is 0 Å². The van der Waals surface area contributed by atoms with Crippen LogP contribution in [0.1, 0.15) is 5.56 Å². The minimum Gasteiger partial charge on any atom is -0.395 e. The molecule has 0 atom stereocenters. The third-order valence-electron chi connectivity index (χ3n) is 2.72. The number of aromatic nitrogens is 1. The first kappa shape index (κ1) is 14.3. The number of aliphatic hydroxyl groups is 1. The van der Waals surface area contributed by atoms with Crippen molar-refractivity contribution in [2.24, 2.45) is 0 Å². The second kappa shape index (κ2) is 6.88. The topological polar surface area (TPSA) is 48.4 Å². The van der Waals surface area contributed by atoms with E-state index in [2.05, 4.69) is 37.7 Å². The summed E-state index contributed by atoms with van der Waals surface area (Å²) in [5, 5.41) is 14.3. The number of aliphatic hydroxyl groups excluding tert-OH is 1. The monoisotopic (exact) mass is 341 g/mol. The molecular formula is C13H16BrN3OS. The summed E-state index contributed by atoms with van der Waals surface area (Å²) in [6.45, 7) is 1.52. The highest BCUT2D eigenvalue weighted by molar-refractivity contribution is 9.11. The van der Waals surface area contributed by atoms with Crippen LogP contribution in [0.25, 0.3) is 0 Å². The van der Waals surface area contributed by atoms with Gasteiger partial charge in [-0.25, -0.2) is 4.98 Å². The second-order valence-electron chi connectivity index (χ2n) is 4.16. The largest absolute Gasteiger partial charge is 0.395 e. The fourth-order valence-corrected chi connectivity index (χ4v) is 2.84. The molecule has 0 aliphatic carbocycles. The Morgan fingerprint density at radius 1 is 1.47 bits per heavy atom. The van der Waals surface area contributed by atoms with Crippen molar-refractivity contribution in [1.82, 2.24) is 4.98 Å². The molecule has 0 aliphatic heterocycles. The van der Waals surface area contributed by atoms with Gasteiger partial charge in [0, 0.05) is 20.1 Å². The van der Waals surface area contributed by atoms with Crippen LogP contribution in [-0.2, 0) is 6.54 Å². The van der Waals surface area contributed by atoms with Crippen LogP contribution < -0.4 is 10.2 Å². The Kier molecular flexibility index (Phi) is 5.18. The van der Waals surface area contributed by atoms with Gasteiger partial charge in [0.25, 0.3) is 0 Å². The summed E-state index contributed by atoms with van der Waals surface area (Å²) in [6.07, 6.45) is 1.81. The molecule has 0 spiro atoms. The summed E-state index contributed by atoms with van der Waals surface area (Å²) in [6, 6.07) is 6.04. The Labute approximate surface area is 125 Å². The summed E-state index contributed by atoms with van der Waals surface area (Å²) >= 11 is 5.13. The maximum absolute atomic E-state index is 8.89. The Morgan fingerprint density at radius 2 is 2.32 bits per heavy atom. The summed E-state index contributed by atoms with van der Waals surface area (Å²) in [7, 11) is 1.93. The zero-order chi connectivity index (χ0) is 13.7. The summed E-state index contributed by atoms with van der Waals surface area (Å²) in [4.78, 5) is 6.33. The van der Waals surface area contributed by atoms with E-state index in [-0.39, 0.29) is 6.61 Å². The first-order valence-corrected chi connectivity index (χ1v) is 7.61. The molecule has 4 nitrogen and oxygen atoms in total. The normalized spacial score (nSPS) is 10.5. The minimum atomic E-state index is 0.142. The van der Waals surface area contributed by atoms with E-state index in [1.807, 2.05) is 30.3 Å². The number of anilines is 2. The van der Waals surface area contributed by atoms with Gasteiger partial charge in [0.1, 0.15) is 5.82 Å². The SMILES string of the molecule is CN(CCO)c1ccc(NCc2csc(Br)c2)nc1. The second-order valence-corrected chi connectivity index (χ2v) is 6.45. The van der Waals surface area contributed by atoms with Gasteiger partial charge in [-0.05, 0) is 45.1 Å². The van der Waals surface area contributed by atoms with Crippen LogP contribution in [0.5, 0.6) is 0 Å². The molecule has 6 heteroatoms. The number of rotatable bonds is 6. The van der Waals surface area contributed by atoms with E-state index in [0.29, 0.717) is 6.54 Å². The summed E-state index contributed by atoms with van der Waals surface area (Å²) in [5.74, 6) is 0.850. The van der Waals surface area contributed by atoms with Crippen molar-refractivity contribution in [2.45, 2.75) is 6.54 Å². The number of hydrogen-bond acceptors (Lipinski definition) is 5. The Hall–Kier alpha value is -1.11. The standard InChI is InChI=1S/C13H16BrN3OS/c1-17(4-5-18)11-2-3-13(16-8-11)15-7-10-6-12(14)19-9-10/h2-3,6,8-9,18H,4-5,7H2,1H3,(H,15,16). The van der Waals surface area contributed by atoms with E-state index in [1.165, 1.54) is 5.56 Å². The van der Waals surface area contributed by atoms with Gasteiger partial charge < -0.3 is 15.3 Å². The molecular weight excluding hydrogens is 326 g/mol. The molecule has 0 radical (unpaired) electrons. The lowest BCUT2D eigenvalue weighted by Gasteiger charge is -2.17. The summed E-state index contributed by atoms with van der Waals surface area (Å²) < 4.78 is 1.14. The van der Waals surface area contributed by atoms with Crippen molar-refractivity contribution in [3.05, 3.63) is 39.1 Å². The Bertz CT molecular complexity index is 515. The minimum absolute atomic E-state index is 0.142. The van der Waals surface area contributed by atoms with Crippen molar-refractivity contribution in [1.29, 1.82) is 0 Å². The molecule has 0 aromatic carbocycles. The van der Waals surface area contributed by atoms with E-state index in [4.69, 9.17) is 5.11 Å². The molecule has 2 heterocycles. The molecule has 2 aromatic rings. The number of nitrogens with zero attached hydrogens (tertiary/aromatic N) is 2. The predicted molar refractivity (Wildman–Crippen MR) is 83.9 cm³/mol. The first-order chi connectivity index (χ1) is 9.19. The molecule has 0 saturated carbocycles. The maximum atomic E-state index is 8.89. The third-order valence-corrected chi connectivity index (χ3v) is 4.27. The van der Waals surface area contributed by atoms with Gasteiger partial charge in [-0.15, -0.1) is 11.3 Å². The van der Waals surface area contributed by atoms with Crippen LogP contribution in [0.4, 0.5) is 11.5 Å². The molecule has 0 fully saturated rings. The molecule has 0 bridgehead atoms. The lowest BCUT2D eigenvalue weighted by atomic mass is 10.3. The molecule has 19 heavy (non-hydrogen) atoms. The number of nitrogens with one attached hydrogen (secondary N) is 1. The maximum Gasteiger partial charge on any atom is 0.126 e. The van der Waals surface area contributed by atoms with Crippen molar-refractivity contribution >= 4 is 38.8 Å². The van der Waals surface area contributed by atoms with E-state index in [9.17, 15) is 0 Å². The van der Waals surface area contributed by atoms with E-state index in [0.717, 1.165) is 21.8 Å². The summed E-state index contributed by atoms with van der Waals surface area (Å²) in [5.41, 5.74) is 2.23. The fraction of sp³-hybridized carbons (Fsp3) is 0.308. The van der Waals surface area contributed by atoms with Gasteiger partial charge in [0.2, 0.25) is 0 Å². The van der Waals surface area contributed by atoms with Crippen molar-refractivity contribution in [3.8, 4) is 0 Å². The molecule has 2 rings (SSSR count). The number of halogens is 1. The van der Waals surface area contributed by atoms with Crippen LogP contribution >= 0.6 is 27.3 Å². The first-order valence-electron chi connectivity index (χ1n) is 5.94. The van der Waals surface area contributed by atoms with Gasteiger partial charge in [0.15, 0.2) is 0 Å². The van der Waals surface area contributed by atoms with Crippen molar-refractivity contribution < 1.29 is 5.11 Å². The molecule has 0 amide bonds. The number of thiophene rings is 1. The molecule has 0 unspecified atom stereocenters. The lowest BCUT2D eigenvalue weighted by molar-refractivity contribution is 0.304. The average Bonchev–Trinajstić information content (AvgIpc) is 2.83. The zero-order valence-electron chi connectivity index (χ0n) is 10.6. The highest BCUT2D eigenvalue weighted by Crippen LogP contribution is 2.21. The van der Waals surface area contributed by atoms with Crippen LogP contribution in [0.15, 0.2) is 33.6 Å². The van der Waals surface area contributed by atoms with Crippen LogP contribution in [0.3, 0.4) is 0 Å².